The van der Waals surface area contributed by atoms with Gasteiger partial charge in [-0.15, -0.1) is 0 Å². The van der Waals surface area contributed by atoms with Crippen LogP contribution in [0.25, 0.3) is 0 Å². The van der Waals surface area contributed by atoms with Crippen LogP contribution in [0, 0.1) is 0 Å². The number of alkyl halides is 3. The van der Waals surface area contributed by atoms with E-state index in [2.05, 4.69) is 4.74 Å². The predicted octanol–water partition coefficient (Wildman–Crippen LogP) is 4.12. The van der Waals surface area contributed by atoms with E-state index in [1.54, 1.807) is 6.07 Å². The van der Waals surface area contributed by atoms with Gasteiger partial charge in [0.2, 0.25) is 0 Å². The fourth-order valence-corrected chi connectivity index (χ4v) is 1.55. The highest BCUT2D eigenvalue weighted by Gasteiger charge is 2.30. The molecule has 1 aromatic rings. The van der Waals surface area contributed by atoms with E-state index in [4.69, 9.17) is 23.2 Å². The van der Waals surface area contributed by atoms with Gasteiger partial charge < -0.3 is 9.64 Å². The maximum Gasteiger partial charge on any atom is 0.422 e. The fourth-order valence-electron chi connectivity index (χ4n) is 1.23. The van der Waals surface area contributed by atoms with Crippen LogP contribution in [0.2, 0.25) is 10.0 Å². The summed E-state index contributed by atoms with van der Waals surface area (Å²) in [5.41, 5.74) is 0.626. The van der Waals surface area contributed by atoms with E-state index in [0.717, 1.165) is 4.90 Å². The minimum Gasteiger partial charge on any atom is -0.440 e. The summed E-state index contributed by atoms with van der Waals surface area (Å²) >= 11 is 11.5. The number of nitrogens with zero attached hydrogens (tertiary/aromatic N) is 1. The SMILES string of the molecule is CN(Cc1ccc(Cl)c(Cl)c1)C(=O)OCC(F)(F)F. The maximum absolute atomic E-state index is 11.9. The van der Waals surface area contributed by atoms with Gasteiger partial charge in [0.05, 0.1) is 10.0 Å². The van der Waals surface area contributed by atoms with Crippen molar-refractivity contribution >= 4 is 29.3 Å². The van der Waals surface area contributed by atoms with Crippen molar-refractivity contribution < 1.29 is 22.7 Å². The number of hydrogen-bond acceptors (Lipinski definition) is 2. The van der Waals surface area contributed by atoms with Crippen molar-refractivity contribution in [1.29, 1.82) is 0 Å². The van der Waals surface area contributed by atoms with Gasteiger partial charge in [-0.25, -0.2) is 4.79 Å². The van der Waals surface area contributed by atoms with Crippen LogP contribution in [-0.4, -0.2) is 30.8 Å². The Bertz CT molecular complexity index is 466. The third-order valence-corrected chi connectivity index (χ3v) is 2.81. The molecule has 0 aliphatic carbocycles. The quantitative estimate of drug-likeness (QED) is 0.839. The molecule has 0 saturated heterocycles. The highest BCUT2D eigenvalue weighted by Crippen LogP contribution is 2.23. The molecular weight excluding hydrogens is 306 g/mol. The third-order valence-electron chi connectivity index (χ3n) is 2.07. The van der Waals surface area contributed by atoms with Crippen molar-refractivity contribution in [2.45, 2.75) is 12.7 Å². The molecule has 0 heterocycles. The highest BCUT2D eigenvalue weighted by molar-refractivity contribution is 6.42. The number of carbonyl (C=O) groups is 1. The van der Waals surface area contributed by atoms with Crippen LogP contribution in [-0.2, 0) is 11.3 Å². The summed E-state index contributed by atoms with van der Waals surface area (Å²) in [7, 11) is 1.32. The van der Waals surface area contributed by atoms with Crippen LogP contribution < -0.4 is 0 Å². The zero-order valence-corrected chi connectivity index (χ0v) is 11.3. The largest absolute Gasteiger partial charge is 0.440 e. The molecule has 0 fully saturated rings. The minimum absolute atomic E-state index is 0.0631. The molecule has 0 saturated carbocycles. The summed E-state index contributed by atoms with van der Waals surface area (Å²) in [6.07, 6.45) is -5.61. The molecule has 106 valence electrons. The molecule has 0 aliphatic rings. The molecule has 0 bridgehead atoms. The number of rotatable bonds is 3. The molecule has 0 atom stereocenters. The van der Waals surface area contributed by atoms with Crippen molar-refractivity contribution in [2.24, 2.45) is 0 Å². The van der Waals surface area contributed by atoms with Gasteiger partial charge in [0, 0.05) is 13.6 Å². The summed E-state index contributed by atoms with van der Waals surface area (Å²) in [6.45, 7) is -1.55. The smallest absolute Gasteiger partial charge is 0.422 e. The summed E-state index contributed by atoms with van der Waals surface area (Å²) in [5, 5.41) is 0.656. The van der Waals surface area contributed by atoms with Gasteiger partial charge in [-0.2, -0.15) is 13.2 Å². The molecule has 19 heavy (non-hydrogen) atoms. The molecule has 3 nitrogen and oxygen atoms in total. The molecule has 0 unspecified atom stereocenters. The average Bonchev–Trinajstić information content (AvgIpc) is 2.29. The van der Waals surface area contributed by atoms with Crippen molar-refractivity contribution in [3.05, 3.63) is 33.8 Å². The second-order valence-corrected chi connectivity index (χ2v) is 4.59. The Kier molecular flexibility index (Phi) is 5.31. The molecule has 8 heteroatoms. The summed E-state index contributed by atoms with van der Waals surface area (Å²) < 4.78 is 39.7. The maximum atomic E-state index is 11.9. The van der Waals surface area contributed by atoms with Crippen LogP contribution in [0.4, 0.5) is 18.0 Å². The minimum atomic E-state index is -4.54. The van der Waals surface area contributed by atoms with E-state index in [1.807, 2.05) is 0 Å². The van der Waals surface area contributed by atoms with E-state index in [9.17, 15) is 18.0 Å². The van der Waals surface area contributed by atoms with E-state index >= 15 is 0 Å². The molecule has 0 aliphatic heterocycles. The second kappa shape index (κ2) is 6.34. The Hall–Kier alpha value is -1.14. The van der Waals surface area contributed by atoms with E-state index in [1.165, 1.54) is 19.2 Å². The molecule has 1 rings (SSSR count). The molecule has 1 aromatic carbocycles. The topological polar surface area (TPSA) is 29.5 Å². The average molecular weight is 316 g/mol. The van der Waals surface area contributed by atoms with Gasteiger partial charge >= 0.3 is 12.3 Å². The third kappa shape index (κ3) is 5.57. The van der Waals surface area contributed by atoms with Crippen LogP contribution in [0.1, 0.15) is 5.56 Å². The summed E-state index contributed by atoms with van der Waals surface area (Å²) in [4.78, 5) is 12.3. The second-order valence-electron chi connectivity index (χ2n) is 3.77. The lowest BCUT2D eigenvalue weighted by atomic mass is 10.2. The zero-order valence-electron chi connectivity index (χ0n) is 9.80. The van der Waals surface area contributed by atoms with Gasteiger partial charge in [-0.3, -0.25) is 0 Å². The van der Waals surface area contributed by atoms with Gasteiger partial charge in [0.15, 0.2) is 6.61 Å². The van der Waals surface area contributed by atoms with Crippen molar-refractivity contribution in [2.75, 3.05) is 13.7 Å². The Balaban J connectivity index is 2.56. The van der Waals surface area contributed by atoms with Crippen LogP contribution >= 0.6 is 23.2 Å². The fraction of sp³-hybridized carbons (Fsp3) is 0.364. The first kappa shape index (κ1) is 15.9. The lowest BCUT2D eigenvalue weighted by molar-refractivity contribution is -0.162. The van der Waals surface area contributed by atoms with Crippen LogP contribution in [0.5, 0.6) is 0 Å². The Labute approximate surface area is 117 Å². The number of amides is 1. The van der Waals surface area contributed by atoms with E-state index in [0.29, 0.717) is 15.6 Å². The Morgan fingerprint density at radius 2 is 1.95 bits per heavy atom. The predicted molar refractivity (Wildman–Crippen MR) is 65.3 cm³/mol. The zero-order chi connectivity index (χ0) is 14.6. The number of hydrogen-bond donors (Lipinski definition) is 0. The number of carbonyl (C=O) groups excluding carboxylic acids is 1. The standard InChI is InChI=1S/C11H10Cl2F3NO2/c1-17(10(18)19-6-11(14,15)16)5-7-2-3-8(12)9(13)4-7/h2-4H,5-6H2,1H3. The Morgan fingerprint density at radius 1 is 1.32 bits per heavy atom. The van der Waals surface area contributed by atoms with Crippen LogP contribution in [0.3, 0.4) is 0 Å². The number of benzene rings is 1. The molecular formula is C11H10Cl2F3NO2. The van der Waals surface area contributed by atoms with Gasteiger partial charge in [-0.1, -0.05) is 29.3 Å². The van der Waals surface area contributed by atoms with E-state index < -0.39 is 18.9 Å². The first-order valence-electron chi connectivity index (χ1n) is 5.07. The lowest BCUT2D eigenvalue weighted by Crippen LogP contribution is -2.30. The van der Waals surface area contributed by atoms with Crippen molar-refractivity contribution in [1.82, 2.24) is 4.90 Å². The van der Waals surface area contributed by atoms with Gasteiger partial charge in [0.1, 0.15) is 0 Å². The van der Waals surface area contributed by atoms with E-state index in [-0.39, 0.29) is 6.54 Å². The normalized spacial score (nSPS) is 11.3. The van der Waals surface area contributed by atoms with Gasteiger partial charge in [-0.05, 0) is 17.7 Å². The van der Waals surface area contributed by atoms with Gasteiger partial charge in [0.25, 0.3) is 0 Å². The molecule has 0 spiro atoms. The molecule has 0 radical (unpaired) electrons. The van der Waals surface area contributed by atoms with Crippen LogP contribution in [0.15, 0.2) is 18.2 Å². The molecule has 1 amide bonds. The van der Waals surface area contributed by atoms with Crippen molar-refractivity contribution in [3.63, 3.8) is 0 Å². The van der Waals surface area contributed by atoms with Crippen molar-refractivity contribution in [3.8, 4) is 0 Å². The molecule has 0 N–H and O–H groups in total. The first-order chi connectivity index (χ1) is 8.69. The lowest BCUT2D eigenvalue weighted by Gasteiger charge is -2.18. The number of ether oxygens (including phenoxy) is 1. The first-order valence-corrected chi connectivity index (χ1v) is 5.83. The summed E-state index contributed by atoms with van der Waals surface area (Å²) in [6, 6.07) is 4.67. The molecule has 0 aromatic heterocycles. The number of halogens is 5. The summed E-state index contributed by atoms with van der Waals surface area (Å²) in [5.74, 6) is 0. The Morgan fingerprint density at radius 3 is 2.47 bits per heavy atom. The highest BCUT2D eigenvalue weighted by atomic mass is 35.5. The monoisotopic (exact) mass is 315 g/mol.